The van der Waals surface area contributed by atoms with Crippen molar-refractivity contribution < 1.29 is 14.3 Å². The third-order valence-electron chi connectivity index (χ3n) is 5.93. The van der Waals surface area contributed by atoms with Gasteiger partial charge in [-0.1, -0.05) is 6.92 Å². The lowest BCUT2D eigenvalue weighted by Gasteiger charge is -2.53. The zero-order chi connectivity index (χ0) is 13.9. The third-order valence-corrected chi connectivity index (χ3v) is 5.93. The minimum absolute atomic E-state index is 0.385. The maximum absolute atomic E-state index is 11.3. The van der Waals surface area contributed by atoms with E-state index < -0.39 is 5.97 Å². The van der Waals surface area contributed by atoms with Gasteiger partial charge in [-0.15, -0.1) is 0 Å². The van der Waals surface area contributed by atoms with E-state index in [0.29, 0.717) is 23.7 Å². The van der Waals surface area contributed by atoms with Crippen LogP contribution in [0.1, 0.15) is 66.8 Å². The molecule has 4 saturated carbocycles. The van der Waals surface area contributed by atoms with Crippen molar-refractivity contribution in [3.05, 3.63) is 23.2 Å². The van der Waals surface area contributed by atoms with Gasteiger partial charge >= 0.3 is 5.97 Å². The number of furan rings is 1. The second-order valence-electron chi connectivity index (χ2n) is 7.10. The Balaban J connectivity index is 1.69. The number of hydrogen-bond acceptors (Lipinski definition) is 2. The topological polar surface area (TPSA) is 50.4 Å². The van der Waals surface area contributed by atoms with E-state index in [1.807, 2.05) is 13.0 Å². The summed E-state index contributed by atoms with van der Waals surface area (Å²) in [6.45, 7) is 1.96. The predicted molar refractivity (Wildman–Crippen MR) is 74.8 cm³/mol. The number of carboxylic acids is 1. The Morgan fingerprint density at radius 3 is 2.25 bits per heavy atom. The summed E-state index contributed by atoms with van der Waals surface area (Å²) in [5.41, 5.74) is 0.385. The van der Waals surface area contributed by atoms with E-state index in [-0.39, 0.29) is 0 Å². The fourth-order valence-electron chi connectivity index (χ4n) is 5.45. The molecule has 0 aliphatic heterocycles. The standard InChI is InChI=1S/C17H22O3/c1-2-14-13(17(18)19)8-15(20-14)16-11-4-9-3-10(6-11)7-12(16)5-9/h8-12,16H,2-7H2,1H3,(H,18,19). The van der Waals surface area contributed by atoms with Crippen LogP contribution in [0.2, 0.25) is 0 Å². The molecule has 3 heteroatoms. The number of aryl methyl sites for hydroxylation is 1. The molecule has 4 bridgehead atoms. The lowest BCUT2D eigenvalue weighted by molar-refractivity contribution is -0.00990. The molecule has 0 atom stereocenters. The maximum Gasteiger partial charge on any atom is 0.339 e. The number of aromatic carboxylic acids is 1. The molecule has 0 aromatic carbocycles. The van der Waals surface area contributed by atoms with Gasteiger partial charge in [-0.25, -0.2) is 4.79 Å². The normalized spacial score (nSPS) is 38.4. The van der Waals surface area contributed by atoms with Crippen molar-refractivity contribution in [2.45, 2.75) is 51.4 Å². The van der Waals surface area contributed by atoms with Gasteiger partial charge in [0.05, 0.1) is 0 Å². The fourth-order valence-corrected chi connectivity index (χ4v) is 5.45. The molecule has 1 aromatic rings. The first-order chi connectivity index (χ1) is 9.65. The van der Waals surface area contributed by atoms with E-state index >= 15 is 0 Å². The summed E-state index contributed by atoms with van der Waals surface area (Å²) in [4.78, 5) is 11.3. The Bertz CT molecular complexity index is 514. The van der Waals surface area contributed by atoms with Gasteiger partial charge in [0.15, 0.2) is 0 Å². The Morgan fingerprint density at radius 2 is 1.80 bits per heavy atom. The van der Waals surface area contributed by atoms with Crippen molar-refractivity contribution >= 4 is 5.97 Å². The Kier molecular flexibility index (Phi) is 2.73. The second-order valence-corrected chi connectivity index (χ2v) is 7.10. The molecule has 0 radical (unpaired) electrons. The highest BCUT2D eigenvalue weighted by Crippen LogP contribution is 2.60. The smallest absolute Gasteiger partial charge is 0.339 e. The maximum atomic E-state index is 11.3. The summed E-state index contributed by atoms with van der Waals surface area (Å²) in [5, 5.41) is 9.30. The van der Waals surface area contributed by atoms with Gasteiger partial charge in [0, 0.05) is 12.3 Å². The van der Waals surface area contributed by atoms with Crippen LogP contribution in [0.5, 0.6) is 0 Å². The largest absolute Gasteiger partial charge is 0.478 e. The van der Waals surface area contributed by atoms with Crippen molar-refractivity contribution in [1.82, 2.24) is 0 Å². The van der Waals surface area contributed by atoms with Crippen LogP contribution in [0, 0.1) is 23.7 Å². The van der Waals surface area contributed by atoms with Gasteiger partial charge in [0.25, 0.3) is 0 Å². The molecule has 4 aliphatic rings. The van der Waals surface area contributed by atoms with Crippen LogP contribution < -0.4 is 0 Å². The van der Waals surface area contributed by atoms with Crippen molar-refractivity contribution in [2.24, 2.45) is 23.7 Å². The Hall–Kier alpha value is -1.25. The van der Waals surface area contributed by atoms with Gasteiger partial charge in [0.2, 0.25) is 0 Å². The number of carbonyl (C=O) groups is 1. The SMILES string of the molecule is CCc1oc(C2C3CC4CC(C3)CC2C4)cc1C(=O)O. The van der Waals surface area contributed by atoms with Gasteiger partial charge in [-0.2, -0.15) is 0 Å². The first-order valence-electron chi connectivity index (χ1n) is 8.01. The molecule has 0 saturated heterocycles. The molecular formula is C17H22O3. The highest BCUT2D eigenvalue weighted by molar-refractivity contribution is 5.89. The van der Waals surface area contributed by atoms with Crippen molar-refractivity contribution in [2.75, 3.05) is 0 Å². The summed E-state index contributed by atoms with van der Waals surface area (Å²) in [7, 11) is 0. The van der Waals surface area contributed by atoms with Crippen molar-refractivity contribution in [3.63, 3.8) is 0 Å². The molecule has 4 aliphatic carbocycles. The molecular weight excluding hydrogens is 252 g/mol. The molecule has 20 heavy (non-hydrogen) atoms. The third kappa shape index (κ3) is 1.75. The predicted octanol–water partition coefficient (Wildman–Crippen LogP) is 4.08. The van der Waals surface area contributed by atoms with Crippen molar-refractivity contribution in [1.29, 1.82) is 0 Å². The summed E-state index contributed by atoms with van der Waals surface area (Å²) < 4.78 is 5.97. The molecule has 4 fully saturated rings. The average Bonchev–Trinajstić information content (AvgIpc) is 2.81. The van der Waals surface area contributed by atoms with E-state index in [1.165, 1.54) is 32.1 Å². The van der Waals surface area contributed by atoms with E-state index in [0.717, 1.165) is 29.4 Å². The first-order valence-corrected chi connectivity index (χ1v) is 8.01. The molecule has 1 N–H and O–H groups in total. The lowest BCUT2D eigenvalue weighted by Crippen LogP contribution is -2.43. The van der Waals surface area contributed by atoms with Crippen LogP contribution in [0.15, 0.2) is 10.5 Å². The quantitative estimate of drug-likeness (QED) is 0.903. The van der Waals surface area contributed by atoms with Crippen molar-refractivity contribution in [3.8, 4) is 0 Å². The minimum atomic E-state index is -0.847. The van der Waals surface area contributed by atoms with E-state index in [1.54, 1.807) is 0 Å². The van der Waals surface area contributed by atoms with Crippen LogP contribution >= 0.6 is 0 Å². The highest BCUT2D eigenvalue weighted by Gasteiger charge is 2.49. The zero-order valence-electron chi connectivity index (χ0n) is 12.0. The van der Waals surface area contributed by atoms with Crippen LogP contribution in [-0.2, 0) is 6.42 Å². The molecule has 5 rings (SSSR count). The van der Waals surface area contributed by atoms with Gasteiger partial charge < -0.3 is 9.52 Å². The second kappa shape index (κ2) is 4.37. The van der Waals surface area contributed by atoms with E-state index in [4.69, 9.17) is 4.42 Å². The van der Waals surface area contributed by atoms with Gasteiger partial charge in [-0.3, -0.25) is 0 Å². The zero-order valence-corrected chi connectivity index (χ0v) is 12.0. The summed E-state index contributed by atoms with van der Waals surface area (Å²) in [6.07, 6.45) is 7.45. The summed E-state index contributed by atoms with van der Waals surface area (Å²) >= 11 is 0. The van der Waals surface area contributed by atoms with Crippen LogP contribution in [0.3, 0.4) is 0 Å². The molecule has 0 spiro atoms. The van der Waals surface area contributed by atoms with Gasteiger partial charge in [-0.05, 0) is 61.8 Å². The summed E-state index contributed by atoms with van der Waals surface area (Å²) in [6, 6.07) is 1.83. The summed E-state index contributed by atoms with van der Waals surface area (Å²) in [5.74, 6) is 4.62. The number of rotatable bonds is 3. The Labute approximate surface area is 119 Å². The molecule has 1 heterocycles. The Morgan fingerprint density at radius 1 is 1.20 bits per heavy atom. The first kappa shape index (κ1) is 12.5. The molecule has 1 aromatic heterocycles. The van der Waals surface area contributed by atoms with Gasteiger partial charge in [0.1, 0.15) is 17.1 Å². The lowest BCUT2D eigenvalue weighted by atomic mass is 9.51. The molecule has 108 valence electrons. The molecule has 0 unspecified atom stereocenters. The highest BCUT2D eigenvalue weighted by atomic mass is 16.4. The fraction of sp³-hybridized carbons (Fsp3) is 0.706. The van der Waals surface area contributed by atoms with Crippen LogP contribution in [0.4, 0.5) is 0 Å². The van der Waals surface area contributed by atoms with Crippen LogP contribution in [0.25, 0.3) is 0 Å². The number of carboxylic acid groups (broad SMARTS) is 1. The minimum Gasteiger partial charge on any atom is -0.478 e. The number of hydrogen-bond donors (Lipinski definition) is 1. The van der Waals surface area contributed by atoms with Crippen LogP contribution in [-0.4, -0.2) is 11.1 Å². The van der Waals surface area contributed by atoms with E-state index in [9.17, 15) is 9.90 Å². The molecule has 3 nitrogen and oxygen atoms in total. The average molecular weight is 274 g/mol. The monoisotopic (exact) mass is 274 g/mol. The van der Waals surface area contributed by atoms with E-state index in [2.05, 4.69) is 0 Å². The molecule has 0 amide bonds.